The molecule has 144 valence electrons. The van der Waals surface area contributed by atoms with Crippen LogP contribution in [0.2, 0.25) is 0 Å². The second-order valence-electron chi connectivity index (χ2n) is 6.61. The van der Waals surface area contributed by atoms with Gasteiger partial charge in [0.2, 0.25) is 5.91 Å². The van der Waals surface area contributed by atoms with E-state index in [4.69, 9.17) is 10.3 Å². The molecule has 2 aliphatic heterocycles. The zero-order valence-corrected chi connectivity index (χ0v) is 15.0. The van der Waals surface area contributed by atoms with E-state index in [2.05, 4.69) is 15.3 Å². The summed E-state index contributed by atoms with van der Waals surface area (Å²) in [7, 11) is 0. The maximum atomic E-state index is 14.7. The fourth-order valence-corrected chi connectivity index (χ4v) is 3.31. The number of benzene rings is 1. The van der Waals surface area contributed by atoms with Crippen molar-refractivity contribution in [2.45, 2.75) is 31.9 Å². The second-order valence-corrected chi connectivity index (χ2v) is 6.61. The van der Waals surface area contributed by atoms with Crippen molar-refractivity contribution in [3.8, 4) is 0 Å². The third-order valence-electron chi connectivity index (χ3n) is 4.72. The average Bonchev–Trinajstić information content (AvgIpc) is 3.02. The van der Waals surface area contributed by atoms with Crippen molar-refractivity contribution in [1.82, 2.24) is 5.32 Å². The summed E-state index contributed by atoms with van der Waals surface area (Å²) in [4.78, 5) is 29.1. The Kier molecular flexibility index (Phi) is 5.66. The van der Waals surface area contributed by atoms with Crippen LogP contribution >= 0.6 is 0 Å². The van der Waals surface area contributed by atoms with Crippen LogP contribution in [-0.2, 0) is 9.53 Å². The first-order chi connectivity index (χ1) is 13.0. The molecule has 0 spiro atoms. The summed E-state index contributed by atoms with van der Waals surface area (Å²) < 4.78 is 19.9. The van der Waals surface area contributed by atoms with Crippen LogP contribution in [-0.4, -0.2) is 50.3 Å². The smallest absolute Gasteiger partial charge is 0.414 e. The Morgan fingerprint density at radius 1 is 1.44 bits per heavy atom. The van der Waals surface area contributed by atoms with Crippen LogP contribution in [0.1, 0.15) is 19.8 Å². The van der Waals surface area contributed by atoms with E-state index in [-0.39, 0.29) is 25.0 Å². The Balaban J connectivity index is 1.65. The van der Waals surface area contributed by atoms with Gasteiger partial charge in [-0.1, -0.05) is 5.11 Å². The molecule has 1 aromatic rings. The standard InChI is InChI=1S/C17H21FN6O3/c1-11(25)20-9-14-10-24(17(26)27-14)13-2-3-16(15(18)8-13)23-6-4-12(5-7-23)21-22-19/h2-3,8,12,14H,4-7,9-10H2,1H3,(H,20,25). The Bertz CT molecular complexity index is 774. The Labute approximate surface area is 155 Å². The third kappa shape index (κ3) is 4.40. The highest BCUT2D eigenvalue weighted by Gasteiger charge is 2.33. The van der Waals surface area contributed by atoms with Gasteiger partial charge in [0.25, 0.3) is 0 Å². The molecule has 1 aromatic carbocycles. The third-order valence-corrected chi connectivity index (χ3v) is 4.72. The fourth-order valence-electron chi connectivity index (χ4n) is 3.31. The lowest BCUT2D eigenvalue weighted by Crippen LogP contribution is -2.35. The highest BCUT2D eigenvalue weighted by Crippen LogP contribution is 2.29. The largest absolute Gasteiger partial charge is 0.442 e. The van der Waals surface area contributed by atoms with Crippen molar-refractivity contribution in [3.63, 3.8) is 0 Å². The molecular formula is C17H21FN6O3. The molecule has 9 nitrogen and oxygen atoms in total. The first-order valence-electron chi connectivity index (χ1n) is 8.79. The topological polar surface area (TPSA) is 111 Å². The molecule has 2 aliphatic rings. The van der Waals surface area contributed by atoms with Crippen molar-refractivity contribution < 1.29 is 18.7 Å². The van der Waals surface area contributed by atoms with E-state index < -0.39 is 18.0 Å². The molecule has 0 radical (unpaired) electrons. The number of hydrogen-bond donors (Lipinski definition) is 1. The van der Waals surface area contributed by atoms with Gasteiger partial charge in [-0.2, -0.15) is 0 Å². The first kappa shape index (κ1) is 18.8. The zero-order chi connectivity index (χ0) is 19.4. The van der Waals surface area contributed by atoms with Gasteiger partial charge in [-0.15, -0.1) is 0 Å². The Hall–Kier alpha value is -3.00. The van der Waals surface area contributed by atoms with Crippen molar-refractivity contribution in [2.75, 3.05) is 36.0 Å². The van der Waals surface area contributed by atoms with Gasteiger partial charge in [0.05, 0.1) is 24.5 Å². The van der Waals surface area contributed by atoms with E-state index in [9.17, 15) is 14.0 Å². The fraction of sp³-hybridized carbons (Fsp3) is 0.529. The highest BCUT2D eigenvalue weighted by atomic mass is 19.1. The quantitative estimate of drug-likeness (QED) is 0.484. The first-order valence-corrected chi connectivity index (χ1v) is 8.79. The van der Waals surface area contributed by atoms with Gasteiger partial charge < -0.3 is 15.0 Å². The predicted octanol–water partition coefficient (Wildman–Crippen LogP) is 2.57. The zero-order valence-electron chi connectivity index (χ0n) is 15.0. The van der Waals surface area contributed by atoms with Crippen LogP contribution in [0.15, 0.2) is 23.3 Å². The second kappa shape index (κ2) is 8.13. The van der Waals surface area contributed by atoms with Crippen molar-refractivity contribution in [2.24, 2.45) is 5.11 Å². The SMILES string of the molecule is CC(=O)NCC1CN(c2ccc(N3CCC(N=[N+]=[N-])CC3)c(F)c2)C(=O)O1. The molecule has 2 heterocycles. The van der Waals surface area contributed by atoms with Gasteiger partial charge in [-0.3, -0.25) is 9.69 Å². The molecule has 3 rings (SSSR count). The highest BCUT2D eigenvalue weighted by molar-refractivity contribution is 5.90. The Morgan fingerprint density at radius 2 is 2.19 bits per heavy atom. The van der Waals surface area contributed by atoms with Crippen LogP contribution in [0.25, 0.3) is 10.4 Å². The maximum absolute atomic E-state index is 14.7. The van der Waals surface area contributed by atoms with Crippen LogP contribution in [0, 0.1) is 5.82 Å². The molecule has 0 saturated carbocycles. The summed E-state index contributed by atoms with van der Waals surface area (Å²) in [5, 5.41) is 6.32. The van der Waals surface area contributed by atoms with Crippen molar-refractivity contribution in [3.05, 3.63) is 34.5 Å². The van der Waals surface area contributed by atoms with Crippen LogP contribution < -0.4 is 15.1 Å². The van der Waals surface area contributed by atoms with Gasteiger partial charge in [0, 0.05) is 31.0 Å². The summed E-state index contributed by atoms with van der Waals surface area (Å²) in [5.74, 6) is -0.628. The average molecular weight is 376 g/mol. The number of amides is 2. The number of azide groups is 1. The molecule has 1 N–H and O–H groups in total. The Morgan fingerprint density at radius 3 is 2.81 bits per heavy atom. The van der Waals surface area contributed by atoms with Crippen molar-refractivity contribution >= 4 is 23.4 Å². The molecular weight excluding hydrogens is 355 g/mol. The number of anilines is 2. The molecule has 2 fully saturated rings. The number of hydrogen-bond acceptors (Lipinski definition) is 5. The van der Waals surface area contributed by atoms with E-state index >= 15 is 0 Å². The lowest BCUT2D eigenvalue weighted by atomic mass is 10.1. The molecule has 0 bridgehead atoms. The summed E-state index contributed by atoms with van der Waals surface area (Å²) in [6.45, 7) is 3.06. The molecule has 27 heavy (non-hydrogen) atoms. The summed E-state index contributed by atoms with van der Waals surface area (Å²) in [6, 6.07) is 4.60. The maximum Gasteiger partial charge on any atom is 0.414 e. The normalized spacial score (nSPS) is 20.2. The molecule has 10 heteroatoms. The monoisotopic (exact) mass is 376 g/mol. The minimum atomic E-state index is -0.562. The molecule has 0 aromatic heterocycles. The minimum absolute atomic E-state index is 0.0477. The van der Waals surface area contributed by atoms with Gasteiger partial charge in [0.1, 0.15) is 11.9 Å². The number of carbonyl (C=O) groups excluding carboxylic acids is 2. The molecule has 1 atom stereocenters. The van der Waals surface area contributed by atoms with E-state index in [1.807, 2.05) is 4.90 Å². The number of nitrogens with one attached hydrogen (secondary N) is 1. The lowest BCUT2D eigenvalue weighted by Gasteiger charge is -2.32. The number of ether oxygens (including phenoxy) is 1. The number of carbonyl (C=O) groups is 2. The van der Waals surface area contributed by atoms with Crippen molar-refractivity contribution in [1.29, 1.82) is 0 Å². The summed E-state index contributed by atoms with van der Waals surface area (Å²) >= 11 is 0. The number of nitrogens with zero attached hydrogens (tertiary/aromatic N) is 5. The molecule has 1 unspecified atom stereocenters. The van der Waals surface area contributed by atoms with Crippen LogP contribution in [0.3, 0.4) is 0 Å². The van der Waals surface area contributed by atoms with E-state index in [0.29, 0.717) is 37.3 Å². The number of cyclic esters (lactones) is 1. The predicted molar refractivity (Wildman–Crippen MR) is 97.1 cm³/mol. The lowest BCUT2D eigenvalue weighted by molar-refractivity contribution is -0.119. The van der Waals surface area contributed by atoms with Gasteiger partial charge in [-0.05, 0) is 36.6 Å². The van der Waals surface area contributed by atoms with E-state index in [0.717, 1.165) is 0 Å². The van der Waals surface area contributed by atoms with Crippen LogP contribution in [0.4, 0.5) is 20.6 Å². The molecule has 2 saturated heterocycles. The van der Waals surface area contributed by atoms with Gasteiger partial charge in [-0.25, -0.2) is 9.18 Å². The van der Waals surface area contributed by atoms with E-state index in [1.165, 1.54) is 17.9 Å². The summed E-state index contributed by atoms with van der Waals surface area (Å²) in [5.41, 5.74) is 9.37. The number of piperidine rings is 1. The summed E-state index contributed by atoms with van der Waals surface area (Å²) in [6.07, 6.45) is 0.319. The molecule has 0 aliphatic carbocycles. The number of rotatable bonds is 5. The van der Waals surface area contributed by atoms with Crippen LogP contribution in [0.5, 0.6) is 0 Å². The minimum Gasteiger partial charge on any atom is -0.442 e. The number of halogens is 1. The van der Waals surface area contributed by atoms with Gasteiger partial charge >= 0.3 is 6.09 Å². The molecule has 2 amide bonds. The van der Waals surface area contributed by atoms with Gasteiger partial charge in [0.15, 0.2) is 0 Å². The van der Waals surface area contributed by atoms with E-state index in [1.54, 1.807) is 12.1 Å².